The van der Waals surface area contributed by atoms with E-state index in [9.17, 15) is 0 Å². The Kier molecular flexibility index (Phi) is 2.42. The van der Waals surface area contributed by atoms with Crippen LogP contribution in [-0.4, -0.2) is 14.2 Å². The van der Waals surface area contributed by atoms with Crippen molar-refractivity contribution < 1.29 is 9.14 Å². The lowest BCUT2D eigenvalue weighted by Gasteiger charge is -2.35. The van der Waals surface area contributed by atoms with Gasteiger partial charge in [0.25, 0.3) is 0 Å². The molecule has 1 aliphatic heterocycles. The van der Waals surface area contributed by atoms with E-state index in [-0.39, 0.29) is 14.2 Å². The highest BCUT2D eigenvalue weighted by molar-refractivity contribution is 6.74. The third-order valence-electron chi connectivity index (χ3n) is 1.63. The molecule has 0 aromatic carbocycles. The predicted octanol–water partition coefficient (Wildman–Crippen LogP) is 1.83. The lowest BCUT2D eigenvalue weighted by molar-refractivity contribution is 0.261. The third kappa shape index (κ3) is 1.55. The average molecular weight is 140 g/mol. The fourth-order valence-electron chi connectivity index (χ4n) is 0.903. The fourth-order valence-corrected chi connectivity index (χ4v) is 0.903. The smallest absolute Gasteiger partial charge is 0.432 e. The molecule has 0 bridgehead atoms. The second-order valence-electron chi connectivity index (χ2n) is 3.50. The van der Waals surface area contributed by atoms with E-state index in [0.29, 0.717) is 11.6 Å². The van der Waals surface area contributed by atoms with Crippen LogP contribution < -0.4 is 0 Å². The monoisotopic (exact) mass is 140 g/mol. The van der Waals surface area contributed by atoms with Crippen LogP contribution in [-0.2, 0) is 9.14 Å². The lowest BCUT2D eigenvalue weighted by atomic mass is 9.57. The fraction of sp³-hybridized carbons (Fsp3) is 1.00. The number of hydrogen-bond donors (Lipinski definition) is 0. The molecule has 1 saturated heterocycles. The van der Waals surface area contributed by atoms with Crippen LogP contribution in [0.3, 0.4) is 0 Å². The van der Waals surface area contributed by atoms with Crippen molar-refractivity contribution in [3.8, 4) is 0 Å². The summed E-state index contributed by atoms with van der Waals surface area (Å²) in [5.41, 5.74) is 0. The van der Waals surface area contributed by atoms with Gasteiger partial charge < -0.3 is 9.14 Å². The molecule has 2 nitrogen and oxygen atoms in total. The topological polar surface area (TPSA) is 18.5 Å². The second-order valence-corrected chi connectivity index (χ2v) is 3.50. The predicted molar refractivity (Wildman–Crippen MR) is 43.9 cm³/mol. The van der Waals surface area contributed by atoms with Crippen molar-refractivity contribution in [1.82, 2.24) is 0 Å². The van der Waals surface area contributed by atoms with Crippen LogP contribution in [0.25, 0.3) is 0 Å². The van der Waals surface area contributed by atoms with E-state index in [0.717, 1.165) is 0 Å². The van der Waals surface area contributed by atoms with Crippen LogP contribution in [0, 0.1) is 0 Å². The van der Waals surface area contributed by atoms with Gasteiger partial charge >= 0.3 is 14.2 Å². The van der Waals surface area contributed by atoms with E-state index in [1.807, 2.05) is 0 Å². The van der Waals surface area contributed by atoms with Crippen molar-refractivity contribution >= 4 is 14.2 Å². The zero-order valence-electron chi connectivity index (χ0n) is 7.13. The normalized spacial score (nSPS) is 18.6. The van der Waals surface area contributed by atoms with E-state index >= 15 is 0 Å². The first-order chi connectivity index (χ1) is 4.61. The molecule has 0 aromatic rings. The Bertz CT molecular complexity index is 98.3. The van der Waals surface area contributed by atoms with Gasteiger partial charge in [-0.05, 0) is 11.6 Å². The molecule has 4 heteroatoms. The molecule has 10 heavy (non-hydrogen) atoms. The molecule has 0 aliphatic carbocycles. The molecule has 0 spiro atoms. The van der Waals surface area contributed by atoms with E-state index in [4.69, 9.17) is 9.14 Å². The van der Waals surface area contributed by atoms with Crippen molar-refractivity contribution in [2.45, 2.75) is 39.3 Å². The molecule has 0 saturated carbocycles. The van der Waals surface area contributed by atoms with E-state index < -0.39 is 0 Å². The number of rotatable bonds is 2. The van der Waals surface area contributed by atoms with Crippen LogP contribution in [0.1, 0.15) is 27.7 Å². The molecule has 1 fully saturated rings. The van der Waals surface area contributed by atoms with Crippen molar-refractivity contribution in [2.75, 3.05) is 0 Å². The minimum absolute atomic E-state index is 0.0485. The first kappa shape index (κ1) is 8.15. The van der Waals surface area contributed by atoms with Crippen LogP contribution in [0.5, 0.6) is 0 Å². The Balaban J connectivity index is 2.18. The Morgan fingerprint density at radius 1 is 0.800 bits per heavy atom. The lowest BCUT2D eigenvalue weighted by Crippen LogP contribution is -2.52. The molecule has 0 radical (unpaired) electrons. The molecular formula is C6H14B2O2. The van der Waals surface area contributed by atoms with Gasteiger partial charge in [-0.2, -0.15) is 0 Å². The maximum Gasteiger partial charge on any atom is 0.432 e. The highest BCUT2D eigenvalue weighted by Gasteiger charge is 2.43. The van der Waals surface area contributed by atoms with Gasteiger partial charge in [-0.1, -0.05) is 27.7 Å². The Morgan fingerprint density at radius 3 is 1.30 bits per heavy atom. The first-order valence-electron chi connectivity index (χ1n) is 3.92. The van der Waals surface area contributed by atoms with Gasteiger partial charge in [-0.25, -0.2) is 0 Å². The first-order valence-corrected chi connectivity index (χ1v) is 3.92. The summed E-state index contributed by atoms with van der Waals surface area (Å²) in [7, 11) is 0.0970. The van der Waals surface area contributed by atoms with Crippen LogP contribution in [0.2, 0.25) is 11.6 Å². The zero-order valence-corrected chi connectivity index (χ0v) is 7.13. The Hall–Kier alpha value is 0.0499. The quantitative estimate of drug-likeness (QED) is 0.544. The van der Waals surface area contributed by atoms with Gasteiger partial charge in [-0.3, -0.25) is 0 Å². The third-order valence-corrected chi connectivity index (χ3v) is 1.63. The summed E-state index contributed by atoms with van der Waals surface area (Å²) in [4.78, 5) is 0. The summed E-state index contributed by atoms with van der Waals surface area (Å²) in [5.74, 6) is 0.963. The van der Waals surface area contributed by atoms with Crippen molar-refractivity contribution in [3.05, 3.63) is 0 Å². The van der Waals surface area contributed by atoms with Gasteiger partial charge in [0.15, 0.2) is 0 Å². The van der Waals surface area contributed by atoms with Gasteiger partial charge in [0, 0.05) is 0 Å². The van der Waals surface area contributed by atoms with Crippen LogP contribution in [0.4, 0.5) is 0 Å². The Labute approximate surface area is 63.6 Å². The molecule has 0 unspecified atom stereocenters. The van der Waals surface area contributed by atoms with Gasteiger partial charge in [0.2, 0.25) is 0 Å². The van der Waals surface area contributed by atoms with Gasteiger partial charge in [0.05, 0.1) is 0 Å². The summed E-state index contributed by atoms with van der Waals surface area (Å²) in [5, 5.41) is 0. The molecule has 1 aliphatic rings. The zero-order chi connectivity index (χ0) is 7.72. The molecule has 0 aromatic heterocycles. The molecule has 1 rings (SSSR count). The van der Waals surface area contributed by atoms with Crippen molar-refractivity contribution in [2.24, 2.45) is 0 Å². The molecule has 0 amide bonds. The standard InChI is InChI=1S/C6H14B2O2/c1-5(2)7-9-8(10-7)6(3)4/h5-6H,1-4H3. The summed E-state index contributed by atoms with van der Waals surface area (Å²) in [6.45, 7) is 8.39. The van der Waals surface area contributed by atoms with E-state index in [1.165, 1.54) is 0 Å². The van der Waals surface area contributed by atoms with Crippen LogP contribution >= 0.6 is 0 Å². The second kappa shape index (κ2) is 2.97. The molecule has 0 atom stereocenters. The SMILES string of the molecule is CC(C)B1OB(C(C)C)O1. The van der Waals surface area contributed by atoms with Gasteiger partial charge in [-0.15, -0.1) is 0 Å². The van der Waals surface area contributed by atoms with E-state index in [2.05, 4.69) is 27.7 Å². The molecular weight excluding hydrogens is 126 g/mol. The molecule has 56 valence electrons. The van der Waals surface area contributed by atoms with Crippen LogP contribution in [0.15, 0.2) is 0 Å². The summed E-state index contributed by atoms with van der Waals surface area (Å²) < 4.78 is 10.9. The number of hydrogen-bond acceptors (Lipinski definition) is 2. The molecule has 0 N–H and O–H groups in total. The minimum Gasteiger partial charge on any atom is -0.452 e. The maximum atomic E-state index is 5.44. The minimum atomic E-state index is 0.0485. The van der Waals surface area contributed by atoms with E-state index in [1.54, 1.807) is 0 Å². The van der Waals surface area contributed by atoms with Gasteiger partial charge in [0.1, 0.15) is 0 Å². The summed E-state index contributed by atoms with van der Waals surface area (Å²) >= 11 is 0. The van der Waals surface area contributed by atoms with Crippen molar-refractivity contribution in [3.63, 3.8) is 0 Å². The Morgan fingerprint density at radius 2 is 1.10 bits per heavy atom. The summed E-state index contributed by atoms with van der Waals surface area (Å²) in [6, 6.07) is 0. The summed E-state index contributed by atoms with van der Waals surface area (Å²) in [6.07, 6.45) is 0. The average Bonchev–Trinajstić information content (AvgIpc) is 1.56. The maximum absolute atomic E-state index is 5.44. The largest absolute Gasteiger partial charge is 0.452 e. The highest BCUT2D eigenvalue weighted by atomic mass is 16.7. The van der Waals surface area contributed by atoms with Crippen molar-refractivity contribution in [1.29, 1.82) is 0 Å². The molecule has 1 heterocycles. The highest BCUT2D eigenvalue weighted by Crippen LogP contribution is 2.26.